The van der Waals surface area contributed by atoms with Crippen LogP contribution in [-0.4, -0.2) is 5.11 Å². The maximum absolute atomic E-state index is 13.5. The van der Waals surface area contributed by atoms with Gasteiger partial charge in [0.15, 0.2) is 0 Å². The summed E-state index contributed by atoms with van der Waals surface area (Å²) in [6.07, 6.45) is 0.240. The molecule has 0 saturated heterocycles. The van der Waals surface area contributed by atoms with Crippen molar-refractivity contribution in [2.45, 2.75) is 25.9 Å². The lowest BCUT2D eigenvalue weighted by Gasteiger charge is -2.10. The minimum absolute atomic E-state index is 0.0152. The van der Waals surface area contributed by atoms with E-state index in [-0.39, 0.29) is 5.56 Å². The zero-order valence-corrected chi connectivity index (χ0v) is 10.8. The molecule has 4 heteroatoms. The van der Waals surface area contributed by atoms with Crippen molar-refractivity contribution in [1.29, 1.82) is 0 Å². The van der Waals surface area contributed by atoms with Gasteiger partial charge in [0.1, 0.15) is 11.6 Å². The van der Waals surface area contributed by atoms with Crippen molar-refractivity contribution >= 4 is 11.3 Å². The first-order valence-corrected chi connectivity index (χ1v) is 6.62. The van der Waals surface area contributed by atoms with Crippen molar-refractivity contribution in [3.63, 3.8) is 0 Å². The van der Waals surface area contributed by atoms with E-state index in [4.69, 9.17) is 0 Å². The highest BCUT2D eigenvalue weighted by Gasteiger charge is 2.15. The summed E-state index contributed by atoms with van der Waals surface area (Å²) < 4.78 is 26.5. The summed E-state index contributed by atoms with van der Waals surface area (Å²) in [7, 11) is 0. The van der Waals surface area contributed by atoms with E-state index in [2.05, 4.69) is 6.92 Å². The third-order valence-corrected chi connectivity index (χ3v) is 4.03. The van der Waals surface area contributed by atoms with Gasteiger partial charge in [0, 0.05) is 21.7 Å². The molecule has 1 aromatic carbocycles. The topological polar surface area (TPSA) is 20.2 Å². The summed E-state index contributed by atoms with van der Waals surface area (Å²) in [5.41, 5.74) is 0.0152. The molecule has 18 heavy (non-hydrogen) atoms. The Labute approximate surface area is 109 Å². The Kier molecular flexibility index (Phi) is 4.09. The van der Waals surface area contributed by atoms with Gasteiger partial charge in [0.25, 0.3) is 0 Å². The molecule has 1 aromatic heterocycles. The number of aliphatic hydroxyl groups excluding tert-OH is 1. The van der Waals surface area contributed by atoms with E-state index in [1.165, 1.54) is 4.88 Å². The Hall–Kier alpha value is -1.26. The van der Waals surface area contributed by atoms with Crippen LogP contribution >= 0.6 is 11.3 Å². The second-order valence-corrected chi connectivity index (χ2v) is 5.36. The lowest BCUT2D eigenvalue weighted by molar-refractivity contribution is 0.174. The van der Waals surface area contributed by atoms with Gasteiger partial charge in [0.2, 0.25) is 0 Å². The summed E-state index contributed by atoms with van der Waals surface area (Å²) >= 11 is 1.59. The first kappa shape index (κ1) is 13.2. The van der Waals surface area contributed by atoms with E-state index < -0.39 is 17.7 Å². The van der Waals surface area contributed by atoms with E-state index in [9.17, 15) is 13.9 Å². The Bertz CT molecular complexity index is 536. The molecule has 0 radical (unpaired) electrons. The van der Waals surface area contributed by atoms with Crippen LogP contribution in [0.2, 0.25) is 0 Å². The summed E-state index contributed by atoms with van der Waals surface area (Å²) in [5, 5.41) is 9.96. The maximum Gasteiger partial charge on any atom is 0.129 e. The van der Waals surface area contributed by atoms with E-state index in [0.29, 0.717) is 6.42 Å². The summed E-state index contributed by atoms with van der Waals surface area (Å²) in [4.78, 5) is 2.19. The molecule has 2 rings (SSSR count). The molecular weight excluding hydrogens is 254 g/mol. The molecule has 1 unspecified atom stereocenters. The predicted molar refractivity (Wildman–Crippen MR) is 68.7 cm³/mol. The molecule has 0 saturated carbocycles. The molecule has 0 spiro atoms. The van der Waals surface area contributed by atoms with Crippen LogP contribution in [0.4, 0.5) is 8.78 Å². The fourth-order valence-electron chi connectivity index (χ4n) is 1.79. The van der Waals surface area contributed by atoms with Gasteiger partial charge in [-0.05, 0) is 36.8 Å². The molecular formula is C14H14F2OS. The Morgan fingerprint density at radius 3 is 2.56 bits per heavy atom. The molecule has 2 aromatic rings. The SMILES string of the molecule is CCc1ccc(CC(O)c2cc(F)ccc2F)s1. The van der Waals surface area contributed by atoms with E-state index in [1.807, 2.05) is 12.1 Å². The molecule has 1 atom stereocenters. The number of benzene rings is 1. The van der Waals surface area contributed by atoms with E-state index in [0.717, 1.165) is 29.5 Å². The van der Waals surface area contributed by atoms with Gasteiger partial charge >= 0.3 is 0 Å². The van der Waals surface area contributed by atoms with Crippen LogP contribution in [0.1, 0.15) is 28.3 Å². The molecule has 0 fully saturated rings. The second-order valence-electron chi connectivity index (χ2n) is 4.11. The highest BCUT2D eigenvalue weighted by Crippen LogP contribution is 2.26. The van der Waals surface area contributed by atoms with Gasteiger partial charge in [-0.25, -0.2) is 8.78 Å². The van der Waals surface area contributed by atoms with Crippen molar-refractivity contribution < 1.29 is 13.9 Å². The van der Waals surface area contributed by atoms with Crippen molar-refractivity contribution in [2.75, 3.05) is 0 Å². The van der Waals surface area contributed by atoms with Crippen LogP contribution in [-0.2, 0) is 12.8 Å². The number of hydrogen-bond donors (Lipinski definition) is 1. The summed E-state index contributed by atoms with van der Waals surface area (Å²) in [5.74, 6) is -1.11. The Morgan fingerprint density at radius 1 is 1.17 bits per heavy atom. The average Bonchev–Trinajstić information content (AvgIpc) is 2.80. The third kappa shape index (κ3) is 2.94. The van der Waals surface area contributed by atoms with Crippen molar-refractivity contribution in [3.8, 4) is 0 Å². The second kappa shape index (κ2) is 5.59. The number of aryl methyl sites for hydroxylation is 1. The maximum atomic E-state index is 13.5. The fourth-order valence-corrected chi connectivity index (χ4v) is 2.79. The third-order valence-electron chi connectivity index (χ3n) is 2.78. The Balaban J connectivity index is 2.16. The standard InChI is InChI=1S/C14H14F2OS/c1-2-10-4-5-11(18-10)8-14(17)12-7-9(15)3-6-13(12)16/h3-7,14,17H,2,8H2,1H3. The van der Waals surface area contributed by atoms with Crippen LogP contribution in [0, 0.1) is 11.6 Å². The molecule has 1 heterocycles. The van der Waals surface area contributed by atoms with Gasteiger partial charge < -0.3 is 5.11 Å². The summed E-state index contributed by atoms with van der Waals surface area (Å²) in [6, 6.07) is 7.05. The minimum atomic E-state index is -1.01. The molecule has 1 nitrogen and oxygen atoms in total. The van der Waals surface area contributed by atoms with Crippen LogP contribution < -0.4 is 0 Å². The van der Waals surface area contributed by atoms with Gasteiger partial charge in [-0.15, -0.1) is 11.3 Å². The minimum Gasteiger partial charge on any atom is -0.388 e. The van der Waals surface area contributed by atoms with Crippen molar-refractivity contribution in [1.82, 2.24) is 0 Å². The number of halogens is 2. The van der Waals surface area contributed by atoms with E-state index >= 15 is 0 Å². The Morgan fingerprint density at radius 2 is 1.89 bits per heavy atom. The van der Waals surface area contributed by atoms with E-state index in [1.54, 1.807) is 11.3 Å². The monoisotopic (exact) mass is 268 g/mol. The first-order valence-electron chi connectivity index (χ1n) is 5.80. The average molecular weight is 268 g/mol. The van der Waals surface area contributed by atoms with Gasteiger partial charge in [-0.3, -0.25) is 0 Å². The largest absolute Gasteiger partial charge is 0.388 e. The smallest absolute Gasteiger partial charge is 0.129 e. The number of rotatable bonds is 4. The fraction of sp³-hybridized carbons (Fsp3) is 0.286. The molecule has 0 aliphatic heterocycles. The molecule has 96 valence electrons. The number of thiophene rings is 1. The quantitative estimate of drug-likeness (QED) is 0.892. The van der Waals surface area contributed by atoms with Gasteiger partial charge in [0.05, 0.1) is 6.10 Å². The zero-order chi connectivity index (χ0) is 13.1. The lowest BCUT2D eigenvalue weighted by Crippen LogP contribution is -2.04. The van der Waals surface area contributed by atoms with Crippen molar-refractivity contribution in [3.05, 3.63) is 57.3 Å². The van der Waals surface area contributed by atoms with Crippen LogP contribution in [0.5, 0.6) is 0 Å². The van der Waals surface area contributed by atoms with Crippen LogP contribution in [0.25, 0.3) is 0 Å². The summed E-state index contributed by atoms with van der Waals surface area (Å²) in [6.45, 7) is 2.05. The first-order chi connectivity index (χ1) is 8.60. The number of hydrogen-bond acceptors (Lipinski definition) is 2. The van der Waals surface area contributed by atoms with Crippen LogP contribution in [0.15, 0.2) is 30.3 Å². The molecule has 0 amide bonds. The molecule has 0 bridgehead atoms. The zero-order valence-electron chi connectivity index (χ0n) is 9.99. The lowest BCUT2D eigenvalue weighted by atomic mass is 10.1. The molecule has 0 aliphatic rings. The molecule has 0 aliphatic carbocycles. The van der Waals surface area contributed by atoms with Crippen LogP contribution in [0.3, 0.4) is 0 Å². The van der Waals surface area contributed by atoms with Gasteiger partial charge in [-0.2, -0.15) is 0 Å². The highest BCUT2D eigenvalue weighted by atomic mass is 32.1. The highest BCUT2D eigenvalue weighted by molar-refractivity contribution is 7.11. The van der Waals surface area contributed by atoms with Gasteiger partial charge in [-0.1, -0.05) is 6.92 Å². The van der Waals surface area contributed by atoms with Crippen molar-refractivity contribution in [2.24, 2.45) is 0 Å². The normalized spacial score (nSPS) is 12.7. The predicted octanol–water partition coefficient (Wildman–Crippen LogP) is 3.86. The number of aliphatic hydroxyl groups is 1. The molecule has 1 N–H and O–H groups in total.